The molecule has 0 radical (unpaired) electrons. The van der Waals surface area contributed by atoms with Crippen LogP contribution in [0.3, 0.4) is 0 Å². The lowest BCUT2D eigenvalue weighted by atomic mass is 10.3. The Hall–Kier alpha value is -1.89. The quantitative estimate of drug-likeness (QED) is 0.634. The molecule has 106 valence electrons. The first-order chi connectivity index (χ1) is 9.83. The molecule has 0 amide bonds. The van der Waals surface area contributed by atoms with Gasteiger partial charge in [-0.25, -0.2) is 4.99 Å². The number of guanidine groups is 1. The van der Waals surface area contributed by atoms with Gasteiger partial charge >= 0.3 is 0 Å². The minimum atomic E-state index is 0.469. The van der Waals surface area contributed by atoms with E-state index < -0.39 is 0 Å². The van der Waals surface area contributed by atoms with Gasteiger partial charge in [0.15, 0.2) is 11.8 Å². The molecule has 0 saturated heterocycles. The summed E-state index contributed by atoms with van der Waals surface area (Å²) < 4.78 is 2.14. The highest BCUT2D eigenvalue weighted by Gasteiger charge is 2.16. The van der Waals surface area contributed by atoms with Crippen molar-refractivity contribution < 1.29 is 0 Å². The van der Waals surface area contributed by atoms with Crippen LogP contribution in [-0.4, -0.2) is 27.3 Å². The Kier molecular flexibility index (Phi) is 3.96. The van der Waals surface area contributed by atoms with Gasteiger partial charge in [-0.1, -0.05) is 6.07 Å². The molecule has 0 bridgehead atoms. The molecule has 0 aromatic carbocycles. The van der Waals surface area contributed by atoms with Crippen LogP contribution < -0.4 is 11.1 Å². The Morgan fingerprint density at radius 2 is 2.45 bits per heavy atom. The number of fused-ring (bicyclic) bond motifs is 1. The van der Waals surface area contributed by atoms with Crippen molar-refractivity contribution in [3.8, 4) is 0 Å². The summed E-state index contributed by atoms with van der Waals surface area (Å²) in [5.41, 5.74) is 5.86. The summed E-state index contributed by atoms with van der Waals surface area (Å²) in [6.45, 7) is 2.29. The Morgan fingerprint density at radius 1 is 1.50 bits per heavy atom. The van der Waals surface area contributed by atoms with Crippen LogP contribution in [0.2, 0.25) is 0 Å². The summed E-state index contributed by atoms with van der Waals surface area (Å²) in [5.74, 6) is 2.44. The molecule has 0 fully saturated rings. The van der Waals surface area contributed by atoms with E-state index in [2.05, 4.69) is 42.6 Å². The van der Waals surface area contributed by atoms with E-state index in [1.165, 1.54) is 4.88 Å². The topological polar surface area (TPSA) is 81.1 Å². The smallest absolute Gasteiger partial charge is 0.189 e. The van der Waals surface area contributed by atoms with E-state index >= 15 is 0 Å². The number of aromatic nitrogens is 3. The van der Waals surface area contributed by atoms with E-state index in [1.54, 1.807) is 11.3 Å². The van der Waals surface area contributed by atoms with Gasteiger partial charge < -0.3 is 15.6 Å². The molecule has 7 heteroatoms. The molecule has 0 atom stereocenters. The summed E-state index contributed by atoms with van der Waals surface area (Å²) in [6.07, 6.45) is 3.13. The molecule has 1 aliphatic heterocycles. The molecule has 2 aromatic rings. The third-order valence-corrected chi connectivity index (χ3v) is 4.27. The molecule has 3 heterocycles. The van der Waals surface area contributed by atoms with Gasteiger partial charge in [-0.15, -0.1) is 21.5 Å². The first kappa shape index (κ1) is 13.1. The molecule has 0 saturated carbocycles. The third-order valence-electron chi connectivity index (χ3n) is 3.33. The van der Waals surface area contributed by atoms with Crippen LogP contribution in [0.1, 0.15) is 22.9 Å². The van der Waals surface area contributed by atoms with Gasteiger partial charge in [0, 0.05) is 24.4 Å². The molecule has 2 aromatic heterocycles. The molecule has 0 spiro atoms. The summed E-state index contributed by atoms with van der Waals surface area (Å²) in [7, 11) is 0. The second-order valence-corrected chi connectivity index (χ2v) is 5.78. The second kappa shape index (κ2) is 6.04. The highest BCUT2D eigenvalue weighted by atomic mass is 32.1. The minimum Gasteiger partial charge on any atom is -0.370 e. The highest BCUT2D eigenvalue weighted by Crippen LogP contribution is 2.14. The van der Waals surface area contributed by atoms with Gasteiger partial charge in [0.05, 0.1) is 0 Å². The monoisotopic (exact) mass is 290 g/mol. The van der Waals surface area contributed by atoms with Gasteiger partial charge in [-0.2, -0.15) is 0 Å². The van der Waals surface area contributed by atoms with Crippen molar-refractivity contribution in [3.05, 3.63) is 34.0 Å². The Balaban J connectivity index is 1.48. The van der Waals surface area contributed by atoms with Crippen molar-refractivity contribution in [1.29, 1.82) is 0 Å². The predicted octanol–water partition coefficient (Wildman–Crippen LogP) is 0.933. The average molecular weight is 290 g/mol. The lowest BCUT2D eigenvalue weighted by Gasteiger charge is -2.05. The van der Waals surface area contributed by atoms with E-state index in [-0.39, 0.29) is 0 Å². The first-order valence-corrected chi connectivity index (χ1v) is 7.68. The maximum absolute atomic E-state index is 5.86. The van der Waals surface area contributed by atoms with Crippen LogP contribution in [0.5, 0.6) is 0 Å². The van der Waals surface area contributed by atoms with Crippen LogP contribution in [0.4, 0.5) is 0 Å². The molecule has 6 nitrogen and oxygen atoms in total. The molecule has 3 rings (SSSR count). The van der Waals surface area contributed by atoms with Gasteiger partial charge in [0.1, 0.15) is 12.4 Å². The molecular formula is C13H18N6S. The van der Waals surface area contributed by atoms with Gasteiger partial charge in [-0.05, 0) is 24.3 Å². The van der Waals surface area contributed by atoms with Crippen LogP contribution in [0.25, 0.3) is 0 Å². The number of thiophene rings is 1. The average Bonchev–Trinajstić information content (AvgIpc) is 3.14. The fourth-order valence-electron chi connectivity index (χ4n) is 2.31. The largest absolute Gasteiger partial charge is 0.370 e. The first-order valence-electron chi connectivity index (χ1n) is 6.80. The standard InChI is InChI=1S/C13H18N6S/c14-13(15-6-5-10-3-2-8-20-10)16-9-12-18-17-11-4-1-7-19(11)12/h2-3,8H,1,4-7,9H2,(H3,14,15,16). The van der Waals surface area contributed by atoms with Crippen molar-refractivity contribution in [2.75, 3.05) is 6.54 Å². The van der Waals surface area contributed by atoms with E-state index in [0.29, 0.717) is 12.5 Å². The van der Waals surface area contributed by atoms with Crippen molar-refractivity contribution in [3.63, 3.8) is 0 Å². The minimum absolute atomic E-state index is 0.469. The Labute approximate surface area is 121 Å². The molecular weight excluding hydrogens is 272 g/mol. The molecule has 3 N–H and O–H groups in total. The lowest BCUT2D eigenvalue weighted by molar-refractivity contribution is 0.686. The summed E-state index contributed by atoms with van der Waals surface area (Å²) in [5, 5.41) is 13.5. The maximum Gasteiger partial charge on any atom is 0.189 e. The number of aliphatic imine (C=N–C) groups is 1. The molecule has 1 aliphatic rings. The highest BCUT2D eigenvalue weighted by molar-refractivity contribution is 7.09. The van der Waals surface area contributed by atoms with Crippen molar-refractivity contribution in [1.82, 2.24) is 20.1 Å². The molecule has 0 aliphatic carbocycles. The summed E-state index contributed by atoms with van der Waals surface area (Å²) in [4.78, 5) is 5.67. The van der Waals surface area contributed by atoms with E-state index in [0.717, 1.165) is 44.0 Å². The fourth-order valence-corrected chi connectivity index (χ4v) is 3.02. The third kappa shape index (κ3) is 2.98. The number of hydrogen-bond donors (Lipinski definition) is 2. The van der Waals surface area contributed by atoms with Crippen LogP contribution in [-0.2, 0) is 25.9 Å². The number of nitrogens with one attached hydrogen (secondary N) is 1. The Bertz CT molecular complexity index is 586. The van der Waals surface area contributed by atoms with Crippen molar-refractivity contribution in [2.45, 2.75) is 32.4 Å². The number of nitrogens with two attached hydrogens (primary N) is 1. The SMILES string of the molecule is NC(=NCc1nnc2n1CCC2)NCCc1cccs1. The predicted molar refractivity (Wildman–Crippen MR) is 79.7 cm³/mol. The van der Waals surface area contributed by atoms with Gasteiger partial charge in [0.2, 0.25) is 0 Å². The number of aryl methyl sites for hydroxylation is 1. The Morgan fingerprint density at radius 3 is 3.30 bits per heavy atom. The van der Waals surface area contributed by atoms with Crippen LogP contribution in [0, 0.1) is 0 Å². The van der Waals surface area contributed by atoms with Crippen molar-refractivity contribution >= 4 is 17.3 Å². The summed E-state index contributed by atoms with van der Waals surface area (Å²) >= 11 is 1.76. The van der Waals surface area contributed by atoms with E-state index in [1.807, 2.05) is 0 Å². The van der Waals surface area contributed by atoms with Crippen molar-refractivity contribution in [2.24, 2.45) is 10.7 Å². The number of hydrogen-bond acceptors (Lipinski definition) is 4. The fraction of sp³-hybridized carbons (Fsp3) is 0.462. The van der Waals surface area contributed by atoms with Gasteiger partial charge in [-0.3, -0.25) is 0 Å². The van der Waals surface area contributed by atoms with E-state index in [9.17, 15) is 0 Å². The molecule has 0 unspecified atom stereocenters. The maximum atomic E-state index is 5.86. The zero-order valence-electron chi connectivity index (χ0n) is 11.2. The normalized spacial score (nSPS) is 14.5. The molecule has 20 heavy (non-hydrogen) atoms. The second-order valence-electron chi connectivity index (χ2n) is 4.75. The number of nitrogens with zero attached hydrogens (tertiary/aromatic N) is 4. The zero-order chi connectivity index (χ0) is 13.8. The van der Waals surface area contributed by atoms with E-state index in [4.69, 9.17) is 5.73 Å². The lowest BCUT2D eigenvalue weighted by Crippen LogP contribution is -2.33. The van der Waals surface area contributed by atoms with Crippen LogP contribution in [0.15, 0.2) is 22.5 Å². The van der Waals surface area contributed by atoms with Gasteiger partial charge in [0.25, 0.3) is 0 Å². The zero-order valence-corrected chi connectivity index (χ0v) is 12.1. The van der Waals surface area contributed by atoms with Crippen LogP contribution >= 0.6 is 11.3 Å². The number of rotatable bonds is 5. The summed E-state index contributed by atoms with van der Waals surface area (Å²) in [6, 6.07) is 4.18.